The summed E-state index contributed by atoms with van der Waals surface area (Å²) >= 11 is 3.44. The van der Waals surface area contributed by atoms with Crippen LogP contribution in [0.2, 0.25) is 0 Å². The van der Waals surface area contributed by atoms with Gasteiger partial charge < -0.3 is 11.1 Å². The van der Waals surface area contributed by atoms with Crippen molar-refractivity contribution in [3.05, 3.63) is 22.2 Å². The molecule has 96 valence electrons. The third kappa shape index (κ3) is 2.03. The maximum absolute atomic E-state index is 12.1. The van der Waals surface area contributed by atoms with Crippen LogP contribution in [0.5, 0.6) is 0 Å². The molecule has 1 saturated carbocycles. The summed E-state index contributed by atoms with van der Waals surface area (Å²) in [6, 6.07) is 3.86. The smallest absolute Gasteiger partial charge is 0.232 e. The summed E-state index contributed by atoms with van der Waals surface area (Å²) < 4.78 is 0.883. The molecule has 3 rings (SSSR count). The molecule has 3 N–H and O–H groups in total. The molecule has 3 nitrogen and oxygen atoms in total. The van der Waals surface area contributed by atoms with Gasteiger partial charge in [-0.2, -0.15) is 0 Å². The highest BCUT2D eigenvalue weighted by atomic mass is 79.9. The second-order valence-electron chi connectivity index (χ2n) is 5.39. The van der Waals surface area contributed by atoms with Crippen molar-refractivity contribution in [1.29, 1.82) is 0 Å². The first kappa shape index (κ1) is 12.0. The first-order chi connectivity index (χ1) is 8.65. The predicted octanol–water partition coefficient (Wildman–Crippen LogP) is 3.65. The lowest BCUT2D eigenvalue weighted by Gasteiger charge is -2.14. The van der Waals surface area contributed by atoms with Crippen molar-refractivity contribution in [2.24, 2.45) is 5.92 Å². The largest absolute Gasteiger partial charge is 0.398 e. The first-order valence-electron chi connectivity index (χ1n) is 6.55. The minimum atomic E-state index is 0.0139. The highest BCUT2D eigenvalue weighted by molar-refractivity contribution is 9.10. The van der Waals surface area contributed by atoms with Crippen LogP contribution in [0.25, 0.3) is 0 Å². The molecule has 1 aliphatic carbocycles. The Labute approximate surface area is 115 Å². The highest BCUT2D eigenvalue weighted by Gasteiger charge is 2.33. The van der Waals surface area contributed by atoms with Crippen LogP contribution >= 0.6 is 15.9 Å². The number of fused-ring (bicyclic) bond motifs is 1. The van der Waals surface area contributed by atoms with E-state index >= 15 is 0 Å². The predicted molar refractivity (Wildman–Crippen MR) is 76.5 cm³/mol. The van der Waals surface area contributed by atoms with Crippen LogP contribution in [0.3, 0.4) is 0 Å². The molecule has 0 spiro atoms. The zero-order valence-electron chi connectivity index (χ0n) is 10.2. The van der Waals surface area contributed by atoms with Crippen LogP contribution in [0.1, 0.15) is 43.6 Å². The van der Waals surface area contributed by atoms with E-state index in [0.29, 0.717) is 11.6 Å². The summed E-state index contributed by atoms with van der Waals surface area (Å²) in [5.74, 6) is 0.859. The molecule has 1 unspecified atom stereocenters. The van der Waals surface area contributed by atoms with E-state index in [-0.39, 0.29) is 11.8 Å². The maximum atomic E-state index is 12.1. The summed E-state index contributed by atoms with van der Waals surface area (Å²) in [7, 11) is 0. The van der Waals surface area contributed by atoms with Crippen molar-refractivity contribution >= 4 is 33.2 Å². The highest BCUT2D eigenvalue weighted by Crippen LogP contribution is 2.42. The van der Waals surface area contributed by atoms with Gasteiger partial charge in [-0.05, 0) is 46.0 Å². The number of hydrogen-bond donors (Lipinski definition) is 2. The fraction of sp³-hybridized carbons (Fsp3) is 0.500. The van der Waals surface area contributed by atoms with Crippen molar-refractivity contribution in [3.63, 3.8) is 0 Å². The van der Waals surface area contributed by atoms with E-state index in [1.165, 1.54) is 25.7 Å². The van der Waals surface area contributed by atoms with Gasteiger partial charge in [-0.25, -0.2) is 0 Å². The summed E-state index contributed by atoms with van der Waals surface area (Å²) in [5.41, 5.74) is 8.52. The Balaban J connectivity index is 1.88. The number of carbonyl (C=O) groups excluding carboxylic acids is 1. The molecule has 1 aliphatic heterocycles. The number of amides is 1. The van der Waals surface area contributed by atoms with Gasteiger partial charge in [-0.3, -0.25) is 4.79 Å². The van der Waals surface area contributed by atoms with Crippen LogP contribution in [0.4, 0.5) is 11.4 Å². The van der Waals surface area contributed by atoms with Crippen molar-refractivity contribution in [2.45, 2.75) is 38.0 Å². The molecular weight excluding hydrogens is 292 g/mol. The van der Waals surface area contributed by atoms with Gasteiger partial charge in [0.2, 0.25) is 5.91 Å². The van der Waals surface area contributed by atoms with E-state index in [2.05, 4.69) is 21.2 Å². The first-order valence-corrected chi connectivity index (χ1v) is 7.34. The van der Waals surface area contributed by atoms with E-state index in [0.717, 1.165) is 22.1 Å². The van der Waals surface area contributed by atoms with Crippen LogP contribution in [0.15, 0.2) is 16.6 Å². The Morgan fingerprint density at radius 3 is 2.78 bits per heavy atom. The number of nitrogen functional groups attached to an aromatic ring is 1. The third-order valence-corrected chi connectivity index (χ3v) is 4.85. The molecule has 1 aromatic rings. The van der Waals surface area contributed by atoms with Crippen molar-refractivity contribution < 1.29 is 4.79 Å². The van der Waals surface area contributed by atoms with Crippen molar-refractivity contribution in [2.75, 3.05) is 11.1 Å². The number of hydrogen-bond acceptors (Lipinski definition) is 2. The molecule has 0 aromatic heterocycles. The van der Waals surface area contributed by atoms with Gasteiger partial charge in [-0.15, -0.1) is 0 Å². The Morgan fingerprint density at radius 2 is 2.06 bits per heavy atom. The number of nitrogens with one attached hydrogen (secondary N) is 1. The molecule has 4 heteroatoms. The molecule has 2 aliphatic rings. The molecule has 0 saturated heterocycles. The van der Waals surface area contributed by atoms with Crippen LogP contribution in [-0.4, -0.2) is 5.91 Å². The number of anilines is 2. The lowest BCUT2D eigenvalue weighted by molar-refractivity contribution is -0.117. The fourth-order valence-corrected chi connectivity index (χ4v) is 3.54. The van der Waals surface area contributed by atoms with E-state index in [4.69, 9.17) is 5.73 Å². The van der Waals surface area contributed by atoms with E-state index < -0.39 is 0 Å². The molecule has 1 aromatic carbocycles. The number of carbonyl (C=O) groups is 1. The van der Waals surface area contributed by atoms with Gasteiger partial charge in [0, 0.05) is 15.8 Å². The lowest BCUT2D eigenvalue weighted by Crippen LogP contribution is -2.14. The summed E-state index contributed by atoms with van der Waals surface area (Å²) in [6.45, 7) is 0. The van der Waals surface area contributed by atoms with Gasteiger partial charge in [0.15, 0.2) is 0 Å². The van der Waals surface area contributed by atoms with Gasteiger partial charge in [-0.1, -0.05) is 25.7 Å². The molecule has 1 atom stereocenters. The summed E-state index contributed by atoms with van der Waals surface area (Å²) in [6.07, 6.45) is 6.16. The molecule has 1 amide bonds. The average molecular weight is 309 g/mol. The topological polar surface area (TPSA) is 55.1 Å². The fourth-order valence-electron chi connectivity index (χ4n) is 3.18. The Kier molecular flexibility index (Phi) is 3.06. The normalized spacial score (nSPS) is 23.2. The standard InChI is InChI=1S/C14H17BrN2O/c15-11-6-9-10(5-8-3-1-2-4-8)14(18)17-13(9)7-12(11)16/h6-8,10H,1-5,16H2,(H,17,18). The second kappa shape index (κ2) is 4.57. The minimum absolute atomic E-state index is 0.0139. The third-order valence-electron chi connectivity index (χ3n) is 4.16. The van der Waals surface area contributed by atoms with Gasteiger partial charge >= 0.3 is 0 Å². The molecule has 18 heavy (non-hydrogen) atoms. The monoisotopic (exact) mass is 308 g/mol. The Bertz CT molecular complexity index is 495. The molecular formula is C14H17BrN2O. The maximum Gasteiger partial charge on any atom is 0.232 e. The van der Waals surface area contributed by atoms with Crippen LogP contribution in [0, 0.1) is 5.92 Å². The van der Waals surface area contributed by atoms with E-state index in [1.54, 1.807) is 0 Å². The lowest BCUT2D eigenvalue weighted by atomic mass is 9.89. The minimum Gasteiger partial charge on any atom is -0.398 e. The number of nitrogens with two attached hydrogens (primary N) is 1. The zero-order chi connectivity index (χ0) is 12.7. The Hall–Kier alpha value is -1.03. The van der Waals surface area contributed by atoms with Gasteiger partial charge in [0.05, 0.1) is 5.92 Å². The zero-order valence-corrected chi connectivity index (χ0v) is 11.8. The van der Waals surface area contributed by atoms with E-state index in [1.807, 2.05) is 12.1 Å². The van der Waals surface area contributed by atoms with E-state index in [9.17, 15) is 4.79 Å². The molecule has 0 bridgehead atoms. The van der Waals surface area contributed by atoms with Crippen LogP contribution < -0.4 is 11.1 Å². The second-order valence-corrected chi connectivity index (χ2v) is 6.24. The quantitative estimate of drug-likeness (QED) is 0.819. The number of rotatable bonds is 2. The summed E-state index contributed by atoms with van der Waals surface area (Å²) in [4.78, 5) is 12.1. The average Bonchev–Trinajstić information content (AvgIpc) is 2.92. The van der Waals surface area contributed by atoms with Gasteiger partial charge in [0.25, 0.3) is 0 Å². The molecule has 0 radical (unpaired) electrons. The SMILES string of the molecule is Nc1cc2c(cc1Br)C(CC1CCCC1)C(=O)N2. The number of benzene rings is 1. The molecule has 1 heterocycles. The van der Waals surface area contributed by atoms with Crippen LogP contribution in [-0.2, 0) is 4.79 Å². The molecule has 1 fully saturated rings. The van der Waals surface area contributed by atoms with Crippen molar-refractivity contribution in [3.8, 4) is 0 Å². The van der Waals surface area contributed by atoms with Crippen molar-refractivity contribution in [1.82, 2.24) is 0 Å². The number of halogens is 1. The summed E-state index contributed by atoms with van der Waals surface area (Å²) in [5, 5.41) is 2.95. The van der Waals surface area contributed by atoms with Gasteiger partial charge in [0.1, 0.15) is 0 Å². The Morgan fingerprint density at radius 1 is 1.33 bits per heavy atom.